The molecule has 7 nitrogen and oxygen atoms in total. The van der Waals surface area contributed by atoms with E-state index in [2.05, 4.69) is 5.32 Å². The van der Waals surface area contributed by atoms with Crippen LogP contribution < -0.4 is 10.9 Å². The van der Waals surface area contributed by atoms with Gasteiger partial charge in [-0.1, -0.05) is 18.2 Å². The Balaban J connectivity index is 1.65. The zero-order chi connectivity index (χ0) is 22.9. The second-order valence-electron chi connectivity index (χ2n) is 7.16. The highest BCUT2D eigenvalue weighted by Gasteiger charge is 2.32. The van der Waals surface area contributed by atoms with E-state index in [1.165, 1.54) is 37.5 Å². The van der Waals surface area contributed by atoms with Crippen LogP contribution in [-0.4, -0.2) is 20.9 Å². The van der Waals surface area contributed by atoms with Crippen LogP contribution in [0.1, 0.15) is 26.9 Å². The third-order valence-electron chi connectivity index (χ3n) is 5.03. The van der Waals surface area contributed by atoms with Gasteiger partial charge in [0.2, 0.25) is 0 Å². The average Bonchev–Trinajstić information content (AvgIpc) is 3.29. The highest BCUT2D eigenvalue weighted by atomic mass is 32.2. The Hall–Kier alpha value is -3.72. The van der Waals surface area contributed by atoms with Crippen LogP contribution in [0.4, 0.5) is 4.39 Å². The first-order valence-electron chi connectivity index (χ1n) is 9.62. The minimum Gasteiger partial charge on any atom is -0.468 e. The lowest BCUT2D eigenvalue weighted by Crippen LogP contribution is -2.34. The molecule has 32 heavy (non-hydrogen) atoms. The van der Waals surface area contributed by atoms with Gasteiger partial charge in [0.25, 0.3) is 5.91 Å². The van der Waals surface area contributed by atoms with Gasteiger partial charge in [-0.2, -0.15) is 0 Å². The monoisotopic (exact) mass is 455 g/mol. The van der Waals surface area contributed by atoms with Gasteiger partial charge in [-0.05, 0) is 55.0 Å². The average molecular weight is 455 g/mol. The van der Waals surface area contributed by atoms with Gasteiger partial charge < -0.3 is 14.2 Å². The van der Waals surface area contributed by atoms with Gasteiger partial charge in [0.05, 0.1) is 11.2 Å². The van der Waals surface area contributed by atoms with Gasteiger partial charge in [0.1, 0.15) is 28.0 Å². The molecule has 4 aromatic rings. The molecule has 0 radical (unpaired) electrons. The Morgan fingerprint density at radius 2 is 1.88 bits per heavy atom. The summed E-state index contributed by atoms with van der Waals surface area (Å²) in [6.07, 6.45) is 1.31. The van der Waals surface area contributed by atoms with Crippen LogP contribution in [0.15, 0.2) is 85.5 Å². The topological polar surface area (TPSA) is 107 Å². The molecule has 164 valence electrons. The summed E-state index contributed by atoms with van der Waals surface area (Å²) in [5.41, 5.74) is -0.594. The lowest BCUT2D eigenvalue weighted by atomic mass is 10.2. The first kappa shape index (κ1) is 21.5. The molecule has 0 aliphatic heterocycles. The lowest BCUT2D eigenvalue weighted by Gasteiger charge is -2.17. The third-order valence-corrected chi connectivity index (χ3v) is 7.09. The van der Waals surface area contributed by atoms with E-state index in [1.807, 2.05) is 0 Å². The van der Waals surface area contributed by atoms with Crippen LogP contribution in [0.2, 0.25) is 0 Å². The zero-order valence-corrected chi connectivity index (χ0v) is 17.7. The number of fused-ring (bicyclic) bond motifs is 1. The molecule has 0 spiro atoms. The molecule has 0 saturated carbocycles. The first-order valence-corrected chi connectivity index (χ1v) is 11.2. The molecule has 0 saturated heterocycles. The van der Waals surface area contributed by atoms with Gasteiger partial charge in [-0.15, -0.1) is 0 Å². The van der Waals surface area contributed by atoms with Crippen molar-refractivity contribution in [2.75, 3.05) is 6.54 Å². The number of aryl methyl sites for hydroxylation is 1. The van der Waals surface area contributed by atoms with Crippen molar-refractivity contribution in [3.8, 4) is 0 Å². The molecule has 1 amide bonds. The molecular formula is C23H18FNO6S. The number of benzene rings is 2. The van der Waals surface area contributed by atoms with Crippen LogP contribution in [-0.2, 0) is 9.84 Å². The number of hydrogen-bond acceptors (Lipinski definition) is 6. The number of carbonyl (C=O) groups excluding carboxylic acids is 1. The number of furan rings is 1. The van der Waals surface area contributed by atoms with Crippen molar-refractivity contribution in [2.45, 2.75) is 17.1 Å². The first-order chi connectivity index (χ1) is 15.3. The summed E-state index contributed by atoms with van der Waals surface area (Å²) in [6, 6.07) is 14.5. The molecular weight excluding hydrogens is 437 g/mol. The van der Waals surface area contributed by atoms with Crippen molar-refractivity contribution in [3.63, 3.8) is 0 Å². The summed E-state index contributed by atoms with van der Waals surface area (Å²) in [5.74, 6) is -1.22. The van der Waals surface area contributed by atoms with Crippen molar-refractivity contribution in [1.82, 2.24) is 5.32 Å². The van der Waals surface area contributed by atoms with Crippen LogP contribution in [0, 0.1) is 12.7 Å². The molecule has 2 aromatic heterocycles. The van der Waals surface area contributed by atoms with Crippen LogP contribution in [0.25, 0.3) is 11.0 Å². The van der Waals surface area contributed by atoms with Gasteiger partial charge in [0.15, 0.2) is 9.84 Å². The summed E-state index contributed by atoms with van der Waals surface area (Å²) in [6.45, 7) is 1.08. The Kier molecular flexibility index (Phi) is 5.67. The van der Waals surface area contributed by atoms with E-state index in [0.717, 1.165) is 12.1 Å². The van der Waals surface area contributed by atoms with Crippen molar-refractivity contribution >= 4 is 26.7 Å². The molecule has 2 heterocycles. The second-order valence-corrected chi connectivity index (χ2v) is 9.29. The molecule has 1 unspecified atom stereocenters. The molecule has 4 rings (SSSR count). The summed E-state index contributed by atoms with van der Waals surface area (Å²) < 4.78 is 50.6. The van der Waals surface area contributed by atoms with Crippen LogP contribution >= 0.6 is 0 Å². The number of halogens is 1. The lowest BCUT2D eigenvalue weighted by molar-refractivity contribution is 0.0949. The minimum atomic E-state index is -4.06. The quantitative estimate of drug-likeness (QED) is 0.350. The fourth-order valence-corrected chi connectivity index (χ4v) is 4.97. The van der Waals surface area contributed by atoms with Crippen LogP contribution in [0.5, 0.6) is 0 Å². The minimum absolute atomic E-state index is 0.0952. The van der Waals surface area contributed by atoms with E-state index in [4.69, 9.17) is 8.83 Å². The Morgan fingerprint density at radius 3 is 2.59 bits per heavy atom. The Morgan fingerprint density at radius 1 is 1.09 bits per heavy atom. The second kappa shape index (κ2) is 8.43. The fraction of sp³-hybridized carbons (Fsp3) is 0.130. The van der Waals surface area contributed by atoms with E-state index >= 15 is 0 Å². The largest absolute Gasteiger partial charge is 0.468 e. The zero-order valence-electron chi connectivity index (χ0n) is 16.9. The number of carbonyl (C=O) groups is 1. The summed E-state index contributed by atoms with van der Waals surface area (Å²) >= 11 is 0. The molecule has 0 fully saturated rings. The van der Waals surface area contributed by atoms with E-state index in [1.54, 1.807) is 24.3 Å². The molecule has 1 N–H and O–H groups in total. The summed E-state index contributed by atoms with van der Waals surface area (Å²) in [5, 5.41) is 1.74. The maximum absolute atomic E-state index is 13.6. The number of sulfone groups is 1. The van der Waals surface area contributed by atoms with Gasteiger partial charge in [-0.25, -0.2) is 17.6 Å². The van der Waals surface area contributed by atoms with Crippen molar-refractivity contribution < 1.29 is 26.4 Å². The van der Waals surface area contributed by atoms with E-state index < -0.39 is 32.4 Å². The molecule has 2 aromatic carbocycles. The predicted octanol–water partition coefficient (Wildman–Crippen LogP) is 3.78. The summed E-state index contributed by atoms with van der Waals surface area (Å²) in [4.78, 5) is 24.8. The molecule has 1 atom stereocenters. The van der Waals surface area contributed by atoms with Crippen LogP contribution in [0.3, 0.4) is 0 Å². The standard InChI is InChI=1S/C23H18FNO6S/c1-14-11-16(8-9-18(14)24)32(28,29)21(20-7-4-10-30-20)13-25-22(26)17-12-15-5-2-3-6-19(15)31-23(17)27/h2-12,21H,13H2,1H3,(H,25,26). The highest BCUT2D eigenvalue weighted by molar-refractivity contribution is 7.91. The van der Waals surface area contributed by atoms with E-state index in [0.29, 0.717) is 11.0 Å². The summed E-state index contributed by atoms with van der Waals surface area (Å²) in [7, 11) is -4.06. The fourth-order valence-electron chi connectivity index (χ4n) is 3.30. The number of para-hydroxylation sites is 1. The molecule has 0 aliphatic carbocycles. The van der Waals surface area contributed by atoms with E-state index in [-0.39, 0.29) is 28.3 Å². The maximum Gasteiger partial charge on any atom is 0.349 e. The van der Waals surface area contributed by atoms with Crippen molar-refractivity contribution in [2.24, 2.45) is 0 Å². The number of hydrogen-bond donors (Lipinski definition) is 1. The highest BCUT2D eigenvalue weighted by Crippen LogP contribution is 2.30. The third kappa shape index (κ3) is 4.06. The number of nitrogens with one attached hydrogen (secondary N) is 1. The molecule has 9 heteroatoms. The van der Waals surface area contributed by atoms with Gasteiger partial charge in [0, 0.05) is 11.9 Å². The Labute approximate surface area is 182 Å². The smallest absolute Gasteiger partial charge is 0.349 e. The number of rotatable bonds is 6. The Bertz CT molecular complexity index is 1460. The predicted molar refractivity (Wildman–Crippen MR) is 115 cm³/mol. The normalized spacial score (nSPS) is 12.6. The number of amides is 1. The van der Waals surface area contributed by atoms with E-state index in [9.17, 15) is 22.4 Å². The van der Waals surface area contributed by atoms with Gasteiger partial charge >= 0.3 is 5.63 Å². The SMILES string of the molecule is Cc1cc(S(=O)(=O)C(CNC(=O)c2cc3ccccc3oc2=O)c2ccco2)ccc1F. The molecule has 0 bridgehead atoms. The molecule has 0 aliphatic rings. The maximum atomic E-state index is 13.6. The van der Waals surface area contributed by atoms with Crippen molar-refractivity contribution in [3.05, 3.63) is 100 Å². The van der Waals surface area contributed by atoms with Gasteiger partial charge in [-0.3, -0.25) is 4.79 Å². The van der Waals surface area contributed by atoms with Crippen molar-refractivity contribution in [1.29, 1.82) is 0 Å².